The molecular formula is C17H13ClN2OS. The van der Waals surface area contributed by atoms with Crippen molar-refractivity contribution >= 4 is 46.2 Å². The van der Waals surface area contributed by atoms with E-state index in [4.69, 9.17) is 17.0 Å². The van der Waals surface area contributed by atoms with E-state index >= 15 is 0 Å². The number of aryl methyl sites for hydroxylation is 1. The fourth-order valence-electron chi connectivity index (χ4n) is 2.13. The first kappa shape index (κ1) is 14.9. The highest BCUT2D eigenvalue weighted by atomic mass is 35.5. The molecule has 0 aromatic heterocycles. The Kier molecular flexibility index (Phi) is 4.05. The summed E-state index contributed by atoms with van der Waals surface area (Å²) >= 11 is 7.03. The summed E-state index contributed by atoms with van der Waals surface area (Å²) in [6.07, 6.45) is 1.78. The van der Waals surface area contributed by atoms with Crippen LogP contribution in [0.15, 0.2) is 53.4 Å². The Morgan fingerprint density at radius 1 is 1.09 bits per heavy atom. The van der Waals surface area contributed by atoms with Crippen LogP contribution >= 0.6 is 23.4 Å². The third kappa shape index (κ3) is 2.93. The molecule has 110 valence electrons. The molecule has 0 unspecified atom stereocenters. The monoisotopic (exact) mass is 328 g/mol. The fourth-order valence-corrected chi connectivity index (χ4v) is 3.11. The summed E-state index contributed by atoms with van der Waals surface area (Å²) in [4.78, 5) is 14.5. The van der Waals surface area contributed by atoms with Crippen LogP contribution in [0.3, 0.4) is 0 Å². The number of benzene rings is 2. The largest absolute Gasteiger partial charge is 0.278 e. The van der Waals surface area contributed by atoms with Crippen LogP contribution in [0.1, 0.15) is 11.1 Å². The van der Waals surface area contributed by atoms with E-state index in [0.717, 1.165) is 11.1 Å². The number of carbonyl (C=O) groups is 1. The number of hydrogen-bond donors (Lipinski definition) is 1. The van der Waals surface area contributed by atoms with Gasteiger partial charge in [-0.05, 0) is 54.6 Å². The van der Waals surface area contributed by atoms with E-state index in [1.54, 1.807) is 18.2 Å². The number of amides is 1. The van der Waals surface area contributed by atoms with Gasteiger partial charge in [-0.15, -0.1) is 0 Å². The van der Waals surface area contributed by atoms with Gasteiger partial charge in [-0.1, -0.05) is 41.4 Å². The molecule has 1 fully saturated rings. The van der Waals surface area contributed by atoms with Crippen molar-refractivity contribution in [3.63, 3.8) is 0 Å². The van der Waals surface area contributed by atoms with E-state index in [0.29, 0.717) is 15.6 Å². The third-order valence-electron chi connectivity index (χ3n) is 3.28. The Morgan fingerprint density at radius 3 is 2.36 bits per heavy atom. The van der Waals surface area contributed by atoms with Gasteiger partial charge >= 0.3 is 0 Å². The van der Waals surface area contributed by atoms with Gasteiger partial charge in [0.2, 0.25) is 0 Å². The minimum atomic E-state index is -0.172. The lowest BCUT2D eigenvalue weighted by molar-refractivity contribution is -0.113. The maximum Gasteiger partial charge on any atom is 0.271 e. The van der Waals surface area contributed by atoms with Gasteiger partial charge in [0.05, 0.1) is 10.6 Å². The molecule has 0 aliphatic carbocycles. The number of amidine groups is 1. The van der Waals surface area contributed by atoms with Crippen molar-refractivity contribution in [1.29, 1.82) is 5.41 Å². The summed E-state index contributed by atoms with van der Waals surface area (Å²) < 4.78 is 0. The summed E-state index contributed by atoms with van der Waals surface area (Å²) in [5.41, 5.74) is 2.72. The summed E-state index contributed by atoms with van der Waals surface area (Å²) in [5.74, 6) is -0.172. The second kappa shape index (κ2) is 5.99. The molecule has 1 amide bonds. The van der Waals surface area contributed by atoms with Crippen LogP contribution in [0, 0.1) is 12.3 Å². The minimum absolute atomic E-state index is 0.172. The molecule has 1 aliphatic rings. The van der Waals surface area contributed by atoms with Crippen molar-refractivity contribution < 1.29 is 4.79 Å². The Labute approximate surface area is 138 Å². The minimum Gasteiger partial charge on any atom is -0.278 e. The van der Waals surface area contributed by atoms with Gasteiger partial charge in [-0.3, -0.25) is 15.1 Å². The Hall–Kier alpha value is -2.04. The average Bonchev–Trinajstić information content (AvgIpc) is 2.77. The molecule has 2 aromatic rings. The standard InChI is InChI=1S/C17H13ClN2OS/c1-11-2-8-14(9-3-11)20-16(21)15(22-17(20)19)10-12-4-6-13(18)7-5-12/h2-10,19H,1H3/b15-10-,19-17?. The van der Waals surface area contributed by atoms with Gasteiger partial charge in [-0.2, -0.15) is 0 Å². The van der Waals surface area contributed by atoms with Crippen molar-refractivity contribution in [3.8, 4) is 0 Å². The number of anilines is 1. The van der Waals surface area contributed by atoms with Crippen LogP contribution in [-0.4, -0.2) is 11.1 Å². The van der Waals surface area contributed by atoms with E-state index in [2.05, 4.69) is 0 Å². The van der Waals surface area contributed by atoms with Crippen molar-refractivity contribution in [2.75, 3.05) is 4.90 Å². The molecule has 1 heterocycles. The zero-order valence-corrected chi connectivity index (χ0v) is 13.4. The van der Waals surface area contributed by atoms with Crippen molar-refractivity contribution in [2.24, 2.45) is 0 Å². The quantitative estimate of drug-likeness (QED) is 0.812. The van der Waals surface area contributed by atoms with Crippen LogP contribution in [0.2, 0.25) is 5.02 Å². The number of rotatable bonds is 2. The van der Waals surface area contributed by atoms with Gasteiger partial charge < -0.3 is 0 Å². The zero-order valence-electron chi connectivity index (χ0n) is 11.8. The van der Waals surface area contributed by atoms with Gasteiger partial charge in [0.25, 0.3) is 5.91 Å². The molecule has 0 saturated carbocycles. The first-order valence-electron chi connectivity index (χ1n) is 6.69. The average molecular weight is 329 g/mol. The molecule has 0 radical (unpaired) electrons. The van der Waals surface area contributed by atoms with Crippen molar-refractivity contribution in [1.82, 2.24) is 0 Å². The SMILES string of the molecule is Cc1ccc(N2C(=N)S/C(=C\c3ccc(Cl)cc3)C2=O)cc1. The molecule has 2 aromatic carbocycles. The maximum atomic E-state index is 12.5. The lowest BCUT2D eigenvalue weighted by atomic mass is 10.2. The molecule has 3 rings (SSSR count). The maximum absolute atomic E-state index is 12.5. The fraction of sp³-hybridized carbons (Fsp3) is 0.0588. The molecule has 5 heteroatoms. The highest BCUT2D eigenvalue weighted by Crippen LogP contribution is 2.35. The number of carbonyl (C=O) groups excluding carboxylic acids is 1. The molecule has 0 spiro atoms. The zero-order chi connectivity index (χ0) is 15.7. The molecular weight excluding hydrogens is 316 g/mol. The Bertz CT molecular complexity index is 766. The molecule has 1 saturated heterocycles. The first-order chi connectivity index (χ1) is 10.5. The van der Waals surface area contributed by atoms with Crippen LogP contribution < -0.4 is 4.90 Å². The van der Waals surface area contributed by atoms with Gasteiger partial charge in [0.15, 0.2) is 5.17 Å². The van der Waals surface area contributed by atoms with E-state index in [-0.39, 0.29) is 11.1 Å². The van der Waals surface area contributed by atoms with Crippen molar-refractivity contribution in [3.05, 3.63) is 69.6 Å². The summed E-state index contributed by atoms with van der Waals surface area (Å²) in [7, 11) is 0. The third-order valence-corrected chi connectivity index (χ3v) is 4.42. The predicted octanol–water partition coefficient (Wildman–Crippen LogP) is 4.70. The smallest absolute Gasteiger partial charge is 0.271 e. The van der Waals surface area contributed by atoms with E-state index < -0.39 is 0 Å². The highest BCUT2D eigenvalue weighted by Gasteiger charge is 2.33. The van der Waals surface area contributed by atoms with Crippen LogP contribution in [0.25, 0.3) is 6.08 Å². The predicted molar refractivity (Wildman–Crippen MR) is 93.4 cm³/mol. The van der Waals surface area contributed by atoms with Crippen molar-refractivity contribution in [2.45, 2.75) is 6.92 Å². The molecule has 0 atom stereocenters. The van der Waals surface area contributed by atoms with E-state index in [1.165, 1.54) is 16.7 Å². The van der Waals surface area contributed by atoms with E-state index in [9.17, 15) is 4.79 Å². The Balaban J connectivity index is 1.91. The molecule has 0 bridgehead atoms. The molecule has 1 aliphatic heterocycles. The lowest BCUT2D eigenvalue weighted by Crippen LogP contribution is -2.28. The number of thioether (sulfide) groups is 1. The Morgan fingerprint density at radius 2 is 1.73 bits per heavy atom. The second-order valence-corrected chi connectivity index (χ2v) is 6.41. The molecule has 3 nitrogen and oxygen atoms in total. The van der Waals surface area contributed by atoms with Gasteiger partial charge in [-0.25, -0.2) is 0 Å². The first-order valence-corrected chi connectivity index (χ1v) is 7.89. The van der Waals surface area contributed by atoms with Gasteiger partial charge in [0.1, 0.15) is 0 Å². The number of hydrogen-bond acceptors (Lipinski definition) is 3. The lowest BCUT2D eigenvalue weighted by Gasteiger charge is -2.14. The van der Waals surface area contributed by atoms with Crippen LogP contribution in [-0.2, 0) is 4.79 Å². The molecule has 22 heavy (non-hydrogen) atoms. The number of nitrogens with zero attached hydrogens (tertiary/aromatic N) is 1. The summed E-state index contributed by atoms with van der Waals surface area (Å²) in [6.45, 7) is 1.99. The summed E-state index contributed by atoms with van der Waals surface area (Å²) in [5, 5.41) is 8.93. The highest BCUT2D eigenvalue weighted by molar-refractivity contribution is 8.19. The van der Waals surface area contributed by atoms with Gasteiger partial charge in [0, 0.05) is 5.02 Å². The second-order valence-electron chi connectivity index (χ2n) is 4.94. The van der Waals surface area contributed by atoms with E-state index in [1.807, 2.05) is 43.3 Å². The topological polar surface area (TPSA) is 44.2 Å². The number of nitrogens with one attached hydrogen (secondary N) is 1. The normalized spacial score (nSPS) is 16.6. The van der Waals surface area contributed by atoms with Crippen LogP contribution in [0.4, 0.5) is 5.69 Å². The number of halogens is 1. The van der Waals surface area contributed by atoms with Crippen LogP contribution in [0.5, 0.6) is 0 Å². The summed E-state index contributed by atoms with van der Waals surface area (Å²) in [6, 6.07) is 14.8. The molecule has 1 N–H and O–H groups in total.